The maximum absolute atomic E-state index is 11.7. The molecule has 5 nitrogen and oxygen atoms in total. The Kier molecular flexibility index (Phi) is 5.48. The number of aldehydes is 1. The Morgan fingerprint density at radius 3 is 2.04 bits per heavy atom. The van der Waals surface area contributed by atoms with Gasteiger partial charge in [0.05, 0.1) is 12.7 Å². The first kappa shape index (κ1) is 18.6. The van der Waals surface area contributed by atoms with Gasteiger partial charge in [-0.05, 0) is 22.7 Å². The van der Waals surface area contributed by atoms with E-state index >= 15 is 0 Å². The fraction of sp³-hybridized carbons (Fsp3) is 0.611. The molecule has 0 fully saturated rings. The molecule has 24 heavy (non-hydrogen) atoms. The Morgan fingerprint density at radius 1 is 1.04 bits per heavy atom. The third kappa shape index (κ3) is 2.88. The zero-order chi connectivity index (χ0) is 18.1. The molecule has 0 aromatic heterocycles. The maximum atomic E-state index is 11.7. The van der Waals surface area contributed by atoms with E-state index < -0.39 is 8.32 Å². The van der Waals surface area contributed by atoms with E-state index in [9.17, 15) is 4.79 Å². The molecule has 0 bridgehead atoms. The summed E-state index contributed by atoms with van der Waals surface area (Å²) in [5.74, 6) is 1.98. The molecule has 0 saturated heterocycles. The number of carbonyl (C=O) groups excluding carboxylic acids is 1. The van der Waals surface area contributed by atoms with E-state index in [2.05, 4.69) is 41.5 Å². The van der Waals surface area contributed by atoms with Crippen molar-refractivity contribution in [2.24, 2.45) is 0 Å². The van der Waals surface area contributed by atoms with Gasteiger partial charge < -0.3 is 18.6 Å². The molecule has 1 aliphatic heterocycles. The standard InChI is InChI=1S/C18H28O5Si/c1-11(2)24(12(3)4,13(5)6)23-16-14(9-19)8-15(20-7)17-18(16)22-10-21-17/h8-9,11-13H,10H2,1-7H3. The van der Waals surface area contributed by atoms with Crippen LogP contribution < -0.4 is 18.6 Å². The molecule has 1 aromatic rings. The fourth-order valence-corrected chi connectivity index (χ4v) is 9.18. The van der Waals surface area contributed by atoms with Crippen LogP contribution in [0.25, 0.3) is 0 Å². The van der Waals surface area contributed by atoms with Gasteiger partial charge in [0.2, 0.25) is 18.3 Å². The van der Waals surface area contributed by atoms with Crippen LogP contribution >= 0.6 is 0 Å². The Morgan fingerprint density at radius 2 is 1.58 bits per heavy atom. The lowest BCUT2D eigenvalue weighted by atomic mass is 10.1. The third-order valence-electron chi connectivity index (χ3n) is 4.92. The largest absolute Gasteiger partial charge is 0.540 e. The van der Waals surface area contributed by atoms with Crippen molar-refractivity contribution in [3.05, 3.63) is 11.6 Å². The van der Waals surface area contributed by atoms with Crippen LogP contribution in [0.1, 0.15) is 51.9 Å². The highest BCUT2D eigenvalue weighted by Crippen LogP contribution is 2.52. The summed E-state index contributed by atoms with van der Waals surface area (Å²) in [4.78, 5) is 11.7. The van der Waals surface area contributed by atoms with Crippen molar-refractivity contribution in [1.82, 2.24) is 0 Å². The molecule has 0 spiro atoms. The number of carbonyl (C=O) groups is 1. The van der Waals surface area contributed by atoms with Gasteiger partial charge in [0.25, 0.3) is 8.32 Å². The van der Waals surface area contributed by atoms with Gasteiger partial charge in [-0.15, -0.1) is 0 Å². The number of rotatable bonds is 7. The number of hydrogen-bond acceptors (Lipinski definition) is 5. The van der Waals surface area contributed by atoms with Gasteiger partial charge in [0.15, 0.2) is 17.8 Å². The van der Waals surface area contributed by atoms with Crippen LogP contribution in [0.5, 0.6) is 23.0 Å². The van der Waals surface area contributed by atoms with Crippen molar-refractivity contribution in [3.63, 3.8) is 0 Å². The molecule has 1 aliphatic rings. The summed E-state index contributed by atoms with van der Waals surface area (Å²) in [5, 5.41) is 0. The predicted molar refractivity (Wildman–Crippen MR) is 96.2 cm³/mol. The first-order chi connectivity index (χ1) is 11.3. The van der Waals surface area contributed by atoms with E-state index in [4.69, 9.17) is 18.6 Å². The highest BCUT2D eigenvalue weighted by molar-refractivity contribution is 6.78. The molecule has 2 rings (SSSR count). The van der Waals surface area contributed by atoms with Crippen molar-refractivity contribution in [3.8, 4) is 23.0 Å². The zero-order valence-corrected chi connectivity index (χ0v) is 16.6. The average molecular weight is 353 g/mol. The highest BCUT2D eigenvalue weighted by atomic mass is 28.4. The van der Waals surface area contributed by atoms with Gasteiger partial charge in [0, 0.05) is 0 Å². The second kappa shape index (κ2) is 7.05. The summed E-state index contributed by atoms with van der Waals surface area (Å²) in [6.07, 6.45) is 0.792. The second-order valence-electron chi connectivity index (χ2n) is 7.10. The van der Waals surface area contributed by atoms with Crippen LogP contribution in [0.4, 0.5) is 0 Å². The lowest BCUT2D eigenvalue weighted by molar-refractivity contribution is 0.112. The predicted octanol–water partition coefficient (Wildman–Crippen LogP) is 4.79. The average Bonchev–Trinajstić information content (AvgIpc) is 3.00. The molecule has 6 heteroatoms. The van der Waals surface area contributed by atoms with E-state index in [1.165, 1.54) is 0 Å². The summed E-state index contributed by atoms with van der Waals surface area (Å²) in [5.41, 5.74) is 1.60. The summed E-state index contributed by atoms with van der Waals surface area (Å²) < 4.78 is 23.2. The number of ether oxygens (including phenoxy) is 3. The van der Waals surface area contributed by atoms with E-state index in [1.54, 1.807) is 13.2 Å². The molecule has 1 heterocycles. The van der Waals surface area contributed by atoms with Crippen LogP contribution in [0.15, 0.2) is 6.07 Å². The quantitative estimate of drug-likeness (QED) is 0.521. The number of hydrogen-bond donors (Lipinski definition) is 0. The lowest BCUT2D eigenvalue weighted by Crippen LogP contribution is -2.50. The van der Waals surface area contributed by atoms with Crippen LogP contribution in [-0.4, -0.2) is 28.5 Å². The monoisotopic (exact) mass is 352 g/mol. The van der Waals surface area contributed by atoms with Gasteiger partial charge in [-0.1, -0.05) is 41.5 Å². The van der Waals surface area contributed by atoms with Gasteiger partial charge in [-0.3, -0.25) is 4.79 Å². The van der Waals surface area contributed by atoms with Gasteiger partial charge in [0.1, 0.15) is 0 Å². The Labute approximate surface area is 145 Å². The Bertz CT molecular complexity index is 588. The van der Waals surface area contributed by atoms with Crippen molar-refractivity contribution < 1.29 is 23.4 Å². The maximum Gasteiger partial charge on any atom is 0.258 e. The van der Waals surface area contributed by atoms with Crippen LogP contribution in [0.2, 0.25) is 16.6 Å². The molecule has 0 amide bonds. The molecule has 0 aliphatic carbocycles. The topological polar surface area (TPSA) is 54.0 Å². The second-order valence-corrected chi connectivity index (χ2v) is 12.5. The molecule has 1 aromatic carbocycles. The molecule has 0 unspecified atom stereocenters. The van der Waals surface area contributed by atoms with Crippen molar-refractivity contribution in [2.45, 2.75) is 58.2 Å². The highest BCUT2D eigenvalue weighted by Gasteiger charge is 2.48. The summed E-state index contributed by atoms with van der Waals surface area (Å²) >= 11 is 0. The van der Waals surface area contributed by atoms with Gasteiger partial charge in [-0.2, -0.15) is 0 Å². The minimum atomic E-state index is -2.22. The lowest BCUT2D eigenvalue weighted by Gasteiger charge is -2.42. The zero-order valence-electron chi connectivity index (χ0n) is 15.6. The molecule has 0 atom stereocenters. The SMILES string of the molecule is COc1cc(C=O)c(O[Si](C(C)C)(C(C)C)C(C)C)c2c1OCO2. The number of fused-ring (bicyclic) bond motifs is 1. The van der Waals surface area contributed by atoms with Crippen molar-refractivity contribution in [2.75, 3.05) is 13.9 Å². The van der Waals surface area contributed by atoms with Gasteiger partial charge >= 0.3 is 0 Å². The van der Waals surface area contributed by atoms with Gasteiger partial charge in [-0.25, -0.2) is 0 Å². The molecular formula is C18H28O5Si. The third-order valence-corrected chi connectivity index (χ3v) is 10.9. The van der Waals surface area contributed by atoms with E-state index in [1.807, 2.05) is 0 Å². The summed E-state index contributed by atoms with van der Waals surface area (Å²) in [7, 11) is -0.678. The molecule has 0 N–H and O–H groups in total. The summed E-state index contributed by atoms with van der Waals surface area (Å²) in [6, 6.07) is 1.66. The van der Waals surface area contributed by atoms with Crippen LogP contribution in [0, 0.1) is 0 Å². The normalized spacial score (nSPS) is 13.8. The van der Waals surface area contributed by atoms with E-state index in [0.29, 0.717) is 45.2 Å². The Hall–Kier alpha value is -1.69. The minimum absolute atomic E-state index is 0.101. The minimum Gasteiger partial charge on any atom is -0.540 e. The first-order valence-electron chi connectivity index (χ1n) is 8.44. The first-order valence-corrected chi connectivity index (χ1v) is 10.6. The van der Waals surface area contributed by atoms with Crippen LogP contribution in [-0.2, 0) is 0 Å². The fourth-order valence-electron chi connectivity index (χ4n) is 3.91. The molecule has 134 valence electrons. The smallest absolute Gasteiger partial charge is 0.258 e. The number of benzene rings is 1. The molecule has 0 saturated carbocycles. The van der Waals surface area contributed by atoms with Crippen LogP contribution in [0.3, 0.4) is 0 Å². The van der Waals surface area contributed by atoms with Crippen molar-refractivity contribution in [1.29, 1.82) is 0 Å². The summed E-state index contributed by atoms with van der Waals surface area (Å²) in [6.45, 7) is 13.3. The Balaban J connectivity index is 2.63. The van der Waals surface area contributed by atoms with E-state index in [-0.39, 0.29) is 6.79 Å². The number of methoxy groups -OCH3 is 1. The molecule has 0 radical (unpaired) electrons. The van der Waals surface area contributed by atoms with Crippen molar-refractivity contribution >= 4 is 14.6 Å². The van der Waals surface area contributed by atoms with E-state index in [0.717, 1.165) is 6.29 Å². The molecular weight excluding hydrogens is 324 g/mol.